The minimum Gasteiger partial charge on any atom is -0.330 e. The molecule has 0 saturated heterocycles. The normalized spacial score (nSPS) is 11.0. The number of imidazole rings is 1. The van der Waals surface area contributed by atoms with Gasteiger partial charge in [0.1, 0.15) is 0 Å². The second-order valence-electron chi connectivity index (χ2n) is 3.45. The summed E-state index contributed by atoms with van der Waals surface area (Å²) in [6, 6.07) is 3.66. The first kappa shape index (κ1) is 9.92. The molecule has 2 rings (SSSR count). The summed E-state index contributed by atoms with van der Waals surface area (Å²) in [4.78, 5) is 18.5. The number of fused-ring (bicyclic) bond motifs is 1. The van der Waals surface area contributed by atoms with Gasteiger partial charge < -0.3 is 10.7 Å². The van der Waals surface area contributed by atoms with Gasteiger partial charge in [0, 0.05) is 12.7 Å². The number of hydrogen-bond donors (Lipinski definition) is 2. The number of unbranched alkanes of at least 4 members (excludes halogenated alkanes) is 1. The quantitative estimate of drug-likeness (QED) is 0.713. The number of aromatic amines is 1. The fourth-order valence-electron chi connectivity index (χ4n) is 1.61. The molecular weight excluding hydrogens is 192 g/mol. The Morgan fingerprint density at radius 3 is 3.13 bits per heavy atom. The van der Waals surface area contributed by atoms with Gasteiger partial charge in [0.15, 0.2) is 5.65 Å². The molecule has 0 fully saturated rings. The van der Waals surface area contributed by atoms with Gasteiger partial charge in [-0.1, -0.05) is 0 Å². The molecule has 15 heavy (non-hydrogen) atoms. The number of pyridine rings is 1. The third-order valence-electron chi connectivity index (χ3n) is 2.36. The van der Waals surface area contributed by atoms with Crippen LogP contribution in [0.2, 0.25) is 0 Å². The lowest BCUT2D eigenvalue weighted by Gasteiger charge is -2.00. The zero-order valence-electron chi connectivity index (χ0n) is 8.44. The molecule has 0 spiro atoms. The Labute approximate surface area is 86.9 Å². The highest BCUT2D eigenvalue weighted by Crippen LogP contribution is 2.06. The lowest BCUT2D eigenvalue weighted by molar-refractivity contribution is 0.609. The van der Waals surface area contributed by atoms with Gasteiger partial charge in [-0.15, -0.1) is 0 Å². The maximum atomic E-state index is 11.6. The molecule has 0 saturated carbocycles. The first-order valence-corrected chi connectivity index (χ1v) is 5.06. The SMILES string of the molecule is NCCCCn1c(=O)[nH]c2cccnc21. The lowest BCUT2D eigenvalue weighted by atomic mass is 10.3. The summed E-state index contributed by atoms with van der Waals surface area (Å²) >= 11 is 0. The molecule has 0 aliphatic heterocycles. The van der Waals surface area contributed by atoms with Crippen LogP contribution in [0.4, 0.5) is 0 Å². The van der Waals surface area contributed by atoms with Crippen molar-refractivity contribution in [2.45, 2.75) is 19.4 Å². The highest BCUT2D eigenvalue weighted by atomic mass is 16.1. The Balaban J connectivity index is 2.33. The predicted molar refractivity (Wildman–Crippen MR) is 58.6 cm³/mol. The van der Waals surface area contributed by atoms with Gasteiger partial charge in [-0.25, -0.2) is 9.78 Å². The van der Waals surface area contributed by atoms with Crippen molar-refractivity contribution in [3.8, 4) is 0 Å². The summed E-state index contributed by atoms with van der Waals surface area (Å²) in [5.41, 5.74) is 6.82. The third kappa shape index (κ3) is 1.92. The summed E-state index contributed by atoms with van der Waals surface area (Å²) < 4.78 is 1.66. The van der Waals surface area contributed by atoms with Gasteiger partial charge in [0.25, 0.3) is 0 Å². The summed E-state index contributed by atoms with van der Waals surface area (Å²) in [6.45, 7) is 1.33. The van der Waals surface area contributed by atoms with E-state index >= 15 is 0 Å². The summed E-state index contributed by atoms with van der Waals surface area (Å²) in [5, 5.41) is 0. The molecular formula is C10H14N4O. The molecule has 5 heteroatoms. The standard InChI is InChI=1S/C10H14N4O/c11-5-1-2-7-14-9-8(13-10(14)15)4-3-6-12-9/h3-4,6H,1-2,5,7,11H2,(H,13,15). The number of rotatable bonds is 4. The van der Waals surface area contributed by atoms with Crippen LogP contribution >= 0.6 is 0 Å². The number of nitrogens with two attached hydrogens (primary N) is 1. The molecule has 5 nitrogen and oxygen atoms in total. The van der Waals surface area contributed by atoms with Crippen LogP contribution in [0.5, 0.6) is 0 Å². The molecule has 0 radical (unpaired) electrons. The zero-order valence-corrected chi connectivity index (χ0v) is 8.44. The van der Waals surface area contributed by atoms with Crippen molar-refractivity contribution < 1.29 is 0 Å². The van der Waals surface area contributed by atoms with E-state index in [-0.39, 0.29) is 5.69 Å². The van der Waals surface area contributed by atoms with E-state index in [1.165, 1.54) is 0 Å². The van der Waals surface area contributed by atoms with Crippen molar-refractivity contribution in [1.29, 1.82) is 0 Å². The molecule has 2 heterocycles. The van der Waals surface area contributed by atoms with Crippen molar-refractivity contribution in [3.63, 3.8) is 0 Å². The first-order chi connectivity index (χ1) is 7.33. The molecule has 0 aromatic carbocycles. The minimum absolute atomic E-state index is 0.0966. The molecule has 0 aliphatic rings. The van der Waals surface area contributed by atoms with Crippen LogP contribution in [-0.4, -0.2) is 21.1 Å². The van der Waals surface area contributed by atoms with Crippen molar-refractivity contribution in [2.24, 2.45) is 5.73 Å². The van der Waals surface area contributed by atoms with Crippen LogP contribution in [0.25, 0.3) is 11.2 Å². The number of H-pyrrole nitrogens is 1. The van der Waals surface area contributed by atoms with Crippen LogP contribution in [0.3, 0.4) is 0 Å². The Morgan fingerprint density at radius 1 is 1.47 bits per heavy atom. The number of nitrogens with one attached hydrogen (secondary N) is 1. The molecule has 2 aromatic heterocycles. The van der Waals surface area contributed by atoms with E-state index < -0.39 is 0 Å². The number of aryl methyl sites for hydroxylation is 1. The summed E-state index contributed by atoms with van der Waals surface area (Å²) in [5.74, 6) is 0. The van der Waals surface area contributed by atoms with Crippen molar-refractivity contribution in [2.75, 3.05) is 6.54 Å². The first-order valence-electron chi connectivity index (χ1n) is 5.06. The van der Waals surface area contributed by atoms with E-state index in [0.717, 1.165) is 24.0 Å². The van der Waals surface area contributed by atoms with E-state index in [9.17, 15) is 4.79 Å². The summed E-state index contributed by atoms with van der Waals surface area (Å²) in [6.07, 6.45) is 3.51. The second kappa shape index (κ2) is 4.27. The Kier molecular flexibility index (Phi) is 2.82. The van der Waals surface area contributed by atoms with Crippen LogP contribution in [-0.2, 0) is 6.54 Å². The van der Waals surface area contributed by atoms with Gasteiger partial charge in [0.2, 0.25) is 0 Å². The molecule has 80 valence electrons. The molecule has 3 N–H and O–H groups in total. The Hall–Kier alpha value is -1.62. The smallest absolute Gasteiger partial charge is 0.327 e. The van der Waals surface area contributed by atoms with Crippen molar-refractivity contribution >= 4 is 11.2 Å². The highest BCUT2D eigenvalue weighted by molar-refractivity contribution is 5.69. The average molecular weight is 206 g/mol. The number of nitrogens with zero attached hydrogens (tertiary/aromatic N) is 2. The molecule has 0 unspecified atom stereocenters. The van der Waals surface area contributed by atoms with E-state index in [0.29, 0.717) is 13.1 Å². The maximum absolute atomic E-state index is 11.6. The molecule has 2 aromatic rings. The topological polar surface area (TPSA) is 76.7 Å². The van der Waals surface area contributed by atoms with Gasteiger partial charge in [-0.3, -0.25) is 4.57 Å². The predicted octanol–water partition coefficient (Wildman–Crippen LogP) is 0.463. The molecule has 0 aliphatic carbocycles. The molecule has 0 atom stereocenters. The Bertz CT molecular complexity index is 499. The second-order valence-corrected chi connectivity index (χ2v) is 3.45. The molecule has 0 bridgehead atoms. The van der Waals surface area contributed by atoms with E-state index in [1.807, 2.05) is 12.1 Å². The summed E-state index contributed by atoms with van der Waals surface area (Å²) in [7, 11) is 0. The van der Waals surface area contributed by atoms with E-state index in [2.05, 4.69) is 9.97 Å². The minimum atomic E-state index is -0.0966. The monoisotopic (exact) mass is 206 g/mol. The Morgan fingerprint density at radius 2 is 2.33 bits per heavy atom. The van der Waals surface area contributed by atoms with Gasteiger partial charge >= 0.3 is 5.69 Å². The average Bonchev–Trinajstić information content (AvgIpc) is 2.56. The van der Waals surface area contributed by atoms with Gasteiger partial charge in [-0.05, 0) is 31.5 Å². The van der Waals surface area contributed by atoms with Crippen molar-refractivity contribution in [1.82, 2.24) is 14.5 Å². The van der Waals surface area contributed by atoms with Gasteiger partial charge in [-0.2, -0.15) is 0 Å². The number of hydrogen-bond acceptors (Lipinski definition) is 3. The van der Waals surface area contributed by atoms with Crippen LogP contribution in [0.15, 0.2) is 23.1 Å². The van der Waals surface area contributed by atoms with Crippen LogP contribution in [0, 0.1) is 0 Å². The van der Waals surface area contributed by atoms with Crippen LogP contribution < -0.4 is 11.4 Å². The largest absolute Gasteiger partial charge is 0.330 e. The van der Waals surface area contributed by atoms with Crippen molar-refractivity contribution in [3.05, 3.63) is 28.8 Å². The van der Waals surface area contributed by atoms with E-state index in [1.54, 1.807) is 10.8 Å². The van der Waals surface area contributed by atoms with Crippen LogP contribution in [0.1, 0.15) is 12.8 Å². The van der Waals surface area contributed by atoms with E-state index in [4.69, 9.17) is 5.73 Å². The van der Waals surface area contributed by atoms with Gasteiger partial charge in [0.05, 0.1) is 5.52 Å². The highest BCUT2D eigenvalue weighted by Gasteiger charge is 2.05. The zero-order chi connectivity index (χ0) is 10.7. The fourth-order valence-corrected chi connectivity index (χ4v) is 1.61. The number of aromatic nitrogens is 3. The molecule has 0 amide bonds. The fraction of sp³-hybridized carbons (Fsp3) is 0.400. The maximum Gasteiger partial charge on any atom is 0.327 e. The lowest BCUT2D eigenvalue weighted by Crippen LogP contribution is -2.17. The third-order valence-corrected chi connectivity index (χ3v) is 2.36.